The maximum absolute atomic E-state index is 3.59. The van der Waals surface area contributed by atoms with Gasteiger partial charge in [-0.1, -0.05) is 34.6 Å². The molecule has 0 aromatic rings. The van der Waals surface area contributed by atoms with Crippen LogP contribution < -0.4 is 5.32 Å². The van der Waals surface area contributed by atoms with Crippen molar-refractivity contribution in [3.8, 4) is 0 Å². The first-order valence-electron chi connectivity index (χ1n) is 7.49. The van der Waals surface area contributed by atoms with Crippen molar-refractivity contribution in [3.63, 3.8) is 0 Å². The fourth-order valence-corrected chi connectivity index (χ4v) is 3.54. The smallest absolute Gasteiger partial charge is 0.00927 e. The Morgan fingerprint density at radius 1 is 1.06 bits per heavy atom. The van der Waals surface area contributed by atoms with Crippen molar-refractivity contribution in [2.45, 2.75) is 72.8 Å². The van der Waals surface area contributed by atoms with Crippen LogP contribution in [-0.4, -0.2) is 13.1 Å². The molecule has 0 aromatic heterocycles. The van der Waals surface area contributed by atoms with Crippen molar-refractivity contribution >= 4 is 0 Å². The molecule has 1 heteroatoms. The molecule has 0 amide bonds. The molecule has 0 bridgehead atoms. The quantitative estimate of drug-likeness (QED) is 0.763. The zero-order valence-electron chi connectivity index (χ0n) is 12.8. The molecule has 0 aromatic carbocycles. The number of hydrogen-bond acceptors (Lipinski definition) is 1. The Hall–Kier alpha value is -0.0400. The van der Waals surface area contributed by atoms with E-state index in [9.17, 15) is 0 Å². The predicted molar refractivity (Wildman–Crippen MR) is 77.2 cm³/mol. The van der Waals surface area contributed by atoms with Crippen LogP contribution in [0.5, 0.6) is 0 Å². The lowest BCUT2D eigenvalue weighted by Gasteiger charge is -2.37. The molecule has 17 heavy (non-hydrogen) atoms. The summed E-state index contributed by atoms with van der Waals surface area (Å²) < 4.78 is 0. The van der Waals surface area contributed by atoms with Crippen LogP contribution in [0.25, 0.3) is 0 Å². The SMILES string of the molecule is CNC(CCC(C)(C)C)C1CC(C)CC(C)C1. The molecule has 1 rings (SSSR count). The Labute approximate surface area is 109 Å². The minimum Gasteiger partial charge on any atom is -0.317 e. The lowest BCUT2D eigenvalue weighted by molar-refractivity contribution is 0.166. The highest BCUT2D eigenvalue weighted by molar-refractivity contribution is 4.84. The molecule has 1 saturated carbocycles. The summed E-state index contributed by atoms with van der Waals surface area (Å²) in [6, 6.07) is 0.736. The van der Waals surface area contributed by atoms with E-state index in [2.05, 4.69) is 47.0 Å². The van der Waals surface area contributed by atoms with Crippen molar-refractivity contribution < 1.29 is 0 Å². The van der Waals surface area contributed by atoms with Gasteiger partial charge in [-0.05, 0) is 62.3 Å². The van der Waals surface area contributed by atoms with Gasteiger partial charge in [-0.15, -0.1) is 0 Å². The highest BCUT2D eigenvalue weighted by Gasteiger charge is 2.29. The third-order valence-corrected chi connectivity index (χ3v) is 4.36. The highest BCUT2D eigenvalue weighted by atomic mass is 14.9. The molecule has 3 unspecified atom stereocenters. The van der Waals surface area contributed by atoms with Gasteiger partial charge in [0.2, 0.25) is 0 Å². The first-order valence-corrected chi connectivity index (χ1v) is 7.49. The van der Waals surface area contributed by atoms with Crippen LogP contribution in [0.4, 0.5) is 0 Å². The van der Waals surface area contributed by atoms with Crippen LogP contribution in [0, 0.1) is 23.2 Å². The molecular weight excluding hydrogens is 206 g/mol. The number of rotatable bonds is 4. The van der Waals surface area contributed by atoms with Crippen LogP contribution in [0.2, 0.25) is 0 Å². The zero-order valence-corrected chi connectivity index (χ0v) is 12.8. The first kappa shape index (κ1) is 15.0. The van der Waals surface area contributed by atoms with Gasteiger partial charge in [-0.2, -0.15) is 0 Å². The van der Waals surface area contributed by atoms with Gasteiger partial charge in [0.25, 0.3) is 0 Å². The van der Waals surface area contributed by atoms with Gasteiger partial charge >= 0.3 is 0 Å². The molecule has 3 atom stereocenters. The summed E-state index contributed by atoms with van der Waals surface area (Å²) in [5, 5.41) is 3.59. The molecule has 1 fully saturated rings. The maximum Gasteiger partial charge on any atom is 0.00927 e. The van der Waals surface area contributed by atoms with Gasteiger partial charge in [-0.3, -0.25) is 0 Å². The third-order valence-electron chi connectivity index (χ3n) is 4.36. The van der Waals surface area contributed by atoms with Crippen LogP contribution >= 0.6 is 0 Å². The Balaban J connectivity index is 2.48. The predicted octanol–water partition coefficient (Wildman–Crippen LogP) is 4.47. The van der Waals surface area contributed by atoms with Gasteiger partial charge in [-0.25, -0.2) is 0 Å². The largest absolute Gasteiger partial charge is 0.317 e. The summed E-state index contributed by atoms with van der Waals surface area (Å²) in [6.45, 7) is 11.9. The minimum atomic E-state index is 0.473. The van der Waals surface area contributed by atoms with E-state index in [1.807, 2.05) is 0 Å². The van der Waals surface area contributed by atoms with Crippen LogP contribution in [-0.2, 0) is 0 Å². The van der Waals surface area contributed by atoms with E-state index >= 15 is 0 Å². The topological polar surface area (TPSA) is 12.0 Å². The normalized spacial score (nSPS) is 32.5. The van der Waals surface area contributed by atoms with Gasteiger partial charge < -0.3 is 5.32 Å². The number of hydrogen-bond donors (Lipinski definition) is 1. The highest BCUT2D eigenvalue weighted by Crippen LogP contribution is 2.36. The molecule has 0 saturated heterocycles. The van der Waals surface area contributed by atoms with E-state index in [0.29, 0.717) is 5.41 Å². The van der Waals surface area contributed by atoms with Crippen molar-refractivity contribution in [2.75, 3.05) is 7.05 Å². The maximum atomic E-state index is 3.59. The minimum absolute atomic E-state index is 0.473. The Bertz CT molecular complexity index is 206. The van der Waals surface area contributed by atoms with Crippen molar-refractivity contribution in [1.29, 1.82) is 0 Å². The van der Waals surface area contributed by atoms with Crippen molar-refractivity contribution in [2.24, 2.45) is 23.2 Å². The molecule has 0 aliphatic heterocycles. The molecule has 0 heterocycles. The van der Waals surface area contributed by atoms with Gasteiger partial charge in [0, 0.05) is 6.04 Å². The average molecular weight is 239 g/mol. The zero-order chi connectivity index (χ0) is 13.1. The second-order valence-electron chi connectivity index (χ2n) is 7.67. The second-order valence-corrected chi connectivity index (χ2v) is 7.67. The van der Waals surface area contributed by atoms with E-state index in [-0.39, 0.29) is 0 Å². The van der Waals surface area contributed by atoms with E-state index in [1.54, 1.807) is 0 Å². The molecule has 1 aliphatic carbocycles. The summed E-state index contributed by atoms with van der Waals surface area (Å²) >= 11 is 0. The van der Waals surface area contributed by atoms with Crippen molar-refractivity contribution in [3.05, 3.63) is 0 Å². The van der Waals surface area contributed by atoms with E-state index in [0.717, 1.165) is 23.8 Å². The second kappa shape index (κ2) is 6.22. The van der Waals surface area contributed by atoms with Crippen LogP contribution in [0.3, 0.4) is 0 Å². The first-order chi connectivity index (χ1) is 7.81. The molecule has 1 N–H and O–H groups in total. The molecule has 0 radical (unpaired) electrons. The van der Waals surface area contributed by atoms with E-state index < -0.39 is 0 Å². The molecule has 0 spiro atoms. The summed E-state index contributed by atoms with van der Waals surface area (Å²) in [6.07, 6.45) is 6.97. The van der Waals surface area contributed by atoms with Gasteiger partial charge in [0.15, 0.2) is 0 Å². The standard InChI is InChI=1S/C16H33N/c1-12-9-13(2)11-14(10-12)15(17-6)7-8-16(3,4)5/h12-15,17H,7-11H2,1-6H3. The molecule has 1 nitrogen and oxygen atoms in total. The summed E-state index contributed by atoms with van der Waals surface area (Å²) in [4.78, 5) is 0. The van der Waals surface area contributed by atoms with E-state index in [1.165, 1.54) is 32.1 Å². The fourth-order valence-electron chi connectivity index (χ4n) is 3.54. The summed E-state index contributed by atoms with van der Waals surface area (Å²) in [7, 11) is 2.15. The third kappa shape index (κ3) is 5.42. The van der Waals surface area contributed by atoms with Crippen LogP contribution in [0.1, 0.15) is 66.7 Å². The molecule has 1 aliphatic rings. The summed E-state index contributed by atoms with van der Waals surface area (Å²) in [5.74, 6) is 2.75. The van der Waals surface area contributed by atoms with E-state index in [4.69, 9.17) is 0 Å². The lowest BCUT2D eigenvalue weighted by Crippen LogP contribution is -2.38. The lowest BCUT2D eigenvalue weighted by atomic mass is 9.72. The van der Waals surface area contributed by atoms with Crippen molar-refractivity contribution in [1.82, 2.24) is 5.32 Å². The van der Waals surface area contributed by atoms with Gasteiger partial charge in [0.1, 0.15) is 0 Å². The number of nitrogens with one attached hydrogen (secondary N) is 1. The Kier molecular flexibility index (Phi) is 5.50. The Morgan fingerprint density at radius 3 is 2.00 bits per heavy atom. The molecule has 102 valence electrons. The fraction of sp³-hybridized carbons (Fsp3) is 1.00. The van der Waals surface area contributed by atoms with Gasteiger partial charge in [0.05, 0.1) is 0 Å². The van der Waals surface area contributed by atoms with Crippen LogP contribution in [0.15, 0.2) is 0 Å². The average Bonchev–Trinajstić information content (AvgIpc) is 2.15. The monoisotopic (exact) mass is 239 g/mol. The summed E-state index contributed by atoms with van der Waals surface area (Å²) in [5.41, 5.74) is 0.473. The Morgan fingerprint density at radius 2 is 1.59 bits per heavy atom. The molecular formula is C16H33N.